The summed E-state index contributed by atoms with van der Waals surface area (Å²) in [5.74, 6) is 0. The van der Waals surface area contributed by atoms with Crippen molar-refractivity contribution >= 4 is 59.8 Å². The molecule has 0 aromatic heterocycles. The molecular weight excluding hydrogens is 283 g/mol. The lowest BCUT2D eigenvalue weighted by Crippen LogP contribution is -2.14. The van der Waals surface area contributed by atoms with E-state index in [2.05, 4.69) is 31.9 Å². The highest BCUT2D eigenvalue weighted by molar-refractivity contribution is 9.20. The summed E-state index contributed by atoms with van der Waals surface area (Å²) in [6, 6.07) is 0. The Morgan fingerprint density at radius 1 is 1.50 bits per heavy atom. The molecule has 0 saturated carbocycles. The first-order chi connectivity index (χ1) is 3.55. The molecule has 0 fully saturated rings. The van der Waals surface area contributed by atoms with Gasteiger partial charge in [0.1, 0.15) is 9.66 Å². The zero-order valence-electron chi connectivity index (χ0n) is 3.57. The number of rotatable bonds is 2. The van der Waals surface area contributed by atoms with Crippen LogP contribution < -0.4 is 0 Å². The van der Waals surface area contributed by atoms with Crippen LogP contribution >= 0.6 is 55.1 Å². The molecule has 0 spiro atoms. The minimum Gasteiger partial charge on any atom is -0.285 e. The average Bonchev–Trinajstić information content (AvgIpc) is 1.64. The quantitative estimate of drug-likeness (QED) is 0.562. The Bertz CT molecular complexity index is 95.3. The molecule has 0 aromatic rings. The minimum absolute atomic E-state index is 0.243. The fourth-order valence-corrected chi connectivity index (χ4v) is 0.897. The van der Waals surface area contributed by atoms with Gasteiger partial charge in [-0.15, -0.1) is 23.2 Å². The molecule has 0 aromatic carbocycles. The maximum Gasteiger partial charge on any atom is 0.214 e. The zero-order valence-corrected chi connectivity index (χ0v) is 8.26. The first-order valence-corrected chi connectivity index (χ1v) is 4.25. The summed E-state index contributed by atoms with van der Waals surface area (Å²) in [6.45, 7) is 0. The Balaban J connectivity index is 3.64. The van der Waals surface area contributed by atoms with Gasteiger partial charge in [-0.3, -0.25) is 4.79 Å². The van der Waals surface area contributed by atoms with Crippen LogP contribution in [0.25, 0.3) is 0 Å². The second kappa shape index (κ2) is 4.09. The molecule has 5 heteroatoms. The Labute approximate surface area is 74.0 Å². The molecule has 0 aliphatic rings. The molecule has 0 aliphatic heterocycles. The number of alkyl halides is 3. The topological polar surface area (TPSA) is 17.1 Å². The van der Waals surface area contributed by atoms with Crippen molar-refractivity contribution in [3.05, 3.63) is 0 Å². The first kappa shape index (κ1) is 9.21. The van der Waals surface area contributed by atoms with Gasteiger partial charge in [-0.05, 0) is 15.9 Å². The van der Waals surface area contributed by atoms with E-state index in [-0.39, 0.29) is 4.69 Å². The summed E-state index contributed by atoms with van der Waals surface area (Å²) in [4.78, 5) is 9.08. The first-order valence-electron chi connectivity index (χ1n) is 1.67. The fraction of sp³-hybridized carbons (Fsp3) is 0.667. The maximum atomic E-state index is 10.3. The van der Waals surface area contributed by atoms with Gasteiger partial charge in [0.05, 0.1) is 0 Å². The van der Waals surface area contributed by atoms with Crippen LogP contribution in [-0.2, 0) is 4.79 Å². The molecule has 0 radical (unpaired) electrons. The van der Waals surface area contributed by atoms with Crippen molar-refractivity contribution in [1.29, 1.82) is 0 Å². The van der Waals surface area contributed by atoms with Gasteiger partial charge in [0.15, 0.2) is 0 Å². The number of carbonyl (C=O) groups is 1. The van der Waals surface area contributed by atoms with Gasteiger partial charge < -0.3 is 0 Å². The van der Waals surface area contributed by atoms with E-state index in [9.17, 15) is 4.79 Å². The van der Waals surface area contributed by atoms with Crippen LogP contribution in [0.4, 0.5) is 0 Å². The fourth-order valence-electron chi connectivity index (χ4n) is 0.0991. The van der Waals surface area contributed by atoms with Crippen LogP contribution in [0.5, 0.6) is 0 Å². The SMILES string of the molecule is O=C(Br)C(Br)C(Cl)Cl. The van der Waals surface area contributed by atoms with Gasteiger partial charge >= 0.3 is 0 Å². The molecule has 0 N–H and O–H groups in total. The van der Waals surface area contributed by atoms with E-state index < -0.39 is 9.66 Å². The standard InChI is InChI=1S/C3H2Br2Cl2O/c4-1(2(5)8)3(6)7/h1,3H. The normalized spacial score (nSPS) is 14.1. The number of carbonyl (C=O) groups excluding carboxylic acids is 1. The molecule has 0 rings (SSSR count). The Morgan fingerprint density at radius 3 is 1.88 bits per heavy atom. The van der Waals surface area contributed by atoms with Crippen LogP contribution in [-0.4, -0.2) is 14.4 Å². The summed E-state index contributed by atoms with van der Waals surface area (Å²) < 4.78 is -0.243. The smallest absolute Gasteiger partial charge is 0.214 e. The van der Waals surface area contributed by atoms with Crippen LogP contribution in [0.1, 0.15) is 0 Å². The van der Waals surface area contributed by atoms with Crippen molar-refractivity contribution in [2.45, 2.75) is 9.66 Å². The summed E-state index contributed by atoms with van der Waals surface area (Å²) in [5, 5.41) is 0. The van der Waals surface area contributed by atoms with E-state index in [4.69, 9.17) is 23.2 Å². The Hall–Kier alpha value is 1.21. The van der Waals surface area contributed by atoms with Gasteiger partial charge in [-0.1, -0.05) is 15.9 Å². The summed E-state index contributed by atoms with van der Waals surface area (Å²) in [6.07, 6.45) is 0. The van der Waals surface area contributed by atoms with Gasteiger partial charge in [-0.25, -0.2) is 0 Å². The average molecular weight is 285 g/mol. The van der Waals surface area contributed by atoms with E-state index in [0.29, 0.717) is 0 Å². The lowest BCUT2D eigenvalue weighted by Gasteiger charge is -2.01. The zero-order chi connectivity index (χ0) is 6.73. The molecule has 1 atom stereocenters. The van der Waals surface area contributed by atoms with E-state index in [1.165, 1.54) is 0 Å². The van der Waals surface area contributed by atoms with Gasteiger partial charge in [0, 0.05) is 0 Å². The predicted octanol–water partition coefficient (Wildman–Crippen LogP) is 2.48. The van der Waals surface area contributed by atoms with E-state index in [1.54, 1.807) is 0 Å². The molecule has 0 aliphatic carbocycles. The Morgan fingerprint density at radius 2 is 1.88 bits per heavy atom. The highest BCUT2D eigenvalue weighted by Gasteiger charge is 2.18. The summed E-state index contributed by atoms with van der Waals surface area (Å²) >= 11 is 16.2. The van der Waals surface area contributed by atoms with Crippen molar-refractivity contribution in [3.8, 4) is 0 Å². The lowest BCUT2D eigenvalue weighted by molar-refractivity contribution is -0.109. The largest absolute Gasteiger partial charge is 0.285 e. The third-order valence-electron chi connectivity index (χ3n) is 0.438. The maximum absolute atomic E-state index is 10.3. The molecule has 0 saturated heterocycles. The van der Waals surface area contributed by atoms with Crippen LogP contribution in [0.3, 0.4) is 0 Å². The van der Waals surface area contributed by atoms with E-state index >= 15 is 0 Å². The number of hydrogen-bond donors (Lipinski definition) is 0. The second-order valence-electron chi connectivity index (χ2n) is 1.04. The van der Waals surface area contributed by atoms with E-state index in [1.807, 2.05) is 0 Å². The second-order valence-corrected chi connectivity index (χ2v) is 3.97. The molecular formula is C3H2Br2Cl2O. The Kier molecular flexibility index (Phi) is 4.71. The molecule has 48 valence electrons. The number of halogens is 4. The third kappa shape index (κ3) is 3.28. The van der Waals surface area contributed by atoms with Crippen LogP contribution in [0, 0.1) is 0 Å². The summed E-state index contributed by atoms with van der Waals surface area (Å²) in [7, 11) is 0. The molecule has 0 bridgehead atoms. The molecule has 8 heavy (non-hydrogen) atoms. The lowest BCUT2D eigenvalue weighted by atomic mass is 10.5. The molecule has 1 unspecified atom stereocenters. The summed E-state index contributed by atoms with van der Waals surface area (Å²) in [5.41, 5.74) is 0. The molecule has 0 heterocycles. The monoisotopic (exact) mass is 282 g/mol. The highest BCUT2D eigenvalue weighted by Crippen LogP contribution is 2.18. The van der Waals surface area contributed by atoms with Crippen molar-refractivity contribution < 1.29 is 4.79 Å². The van der Waals surface area contributed by atoms with Gasteiger partial charge in [-0.2, -0.15) is 0 Å². The van der Waals surface area contributed by atoms with Crippen molar-refractivity contribution in [2.75, 3.05) is 0 Å². The minimum atomic E-state index is -0.693. The van der Waals surface area contributed by atoms with Crippen molar-refractivity contribution in [2.24, 2.45) is 0 Å². The van der Waals surface area contributed by atoms with Gasteiger partial charge in [0.25, 0.3) is 0 Å². The van der Waals surface area contributed by atoms with Gasteiger partial charge in [0.2, 0.25) is 4.69 Å². The highest BCUT2D eigenvalue weighted by atomic mass is 79.9. The predicted molar refractivity (Wildman–Crippen MR) is 42.1 cm³/mol. The molecule has 1 nitrogen and oxygen atoms in total. The number of hydrogen-bond acceptors (Lipinski definition) is 1. The van der Waals surface area contributed by atoms with Crippen molar-refractivity contribution in [1.82, 2.24) is 0 Å². The van der Waals surface area contributed by atoms with Crippen LogP contribution in [0.2, 0.25) is 0 Å². The third-order valence-corrected chi connectivity index (χ3v) is 3.60. The van der Waals surface area contributed by atoms with Crippen LogP contribution in [0.15, 0.2) is 0 Å². The molecule has 0 amide bonds. The van der Waals surface area contributed by atoms with Crippen molar-refractivity contribution in [3.63, 3.8) is 0 Å². The van der Waals surface area contributed by atoms with E-state index in [0.717, 1.165) is 0 Å².